The standard InChI is InChI=1S/C20H29N5O2/c1-13-18(14(2)23(3)22-13)19(26)25(9-8-24-7-6-21-20(24)27)12-17-11-15-4-5-16(17)10-15/h4-5,15-17H,6-12H2,1-3H3,(H,21,27)/t15-,16-,17-/m0/s1. The minimum absolute atomic E-state index is 0.0287. The molecule has 1 saturated heterocycles. The first-order chi connectivity index (χ1) is 12.9. The lowest BCUT2D eigenvalue weighted by molar-refractivity contribution is 0.0704. The van der Waals surface area contributed by atoms with Crippen LogP contribution in [0.2, 0.25) is 0 Å². The van der Waals surface area contributed by atoms with Gasteiger partial charge < -0.3 is 15.1 Å². The number of urea groups is 1. The molecule has 2 fully saturated rings. The van der Waals surface area contributed by atoms with Crippen molar-refractivity contribution in [2.24, 2.45) is 24.8 Å². The highest BCUT2D eigenvalue weighted by molar-refractivity contribution is 5.96. The van der Waals surface area contributed by atoms with Gasteiger partial charge in [-0.2, -0.15) is 5.10 Å². The number of aryl methyl sites for hydroxylation is 2. The molecule has 3 aliphatic rings. The molecule has 7 nitrogen and oxygen atoms in total. The Morgan fingerprint density at radius 1 is 1.33 bits per heavy atom. The van der Waals surface area contributed by atoms with Gasteiger partial charge in [-0.25, -0.2) is 4.79 Å². The van der Waals surface area contributed by atoms with Crippen molar-refractivity contribution in [2.75, 3.05) is 32.7 Å². The monoisotopic (exact) mass is 371 g/mol. The van der Waals surface area contributed by atoms with Crippen molar-refractivity contribution in [1.29, 1.82) is 0 Å². The third kappa shape index (κ3) is 3.35. The van der Waals surface area contributed by atoms with Crippen LogP contribution in [0, 0.1) is 31.6 Å². The van der Waals surface area contributed by atoms with Gasteiger partial charge in [-0.3, -0.25) is 9.48 Å². The fourth-order valence-electron chi connectivity index (χ4n) is 4.87. The van der Waals surface area contributed by atoms with Gasteiger partial charge in [0.1, 0.15) is 0 Å². The number of hydrogen-bond donors (Lipinski definition) is 1. The average molecular weight is 371 g/mol. The zero-order chi connectivity index (χ0) is 19.1. The van der Waals surface area contributed by atoms with E-state index in [2.05, 4.69) is 22.6 Å². The summed E-state index contributed by atoms with van der Waals surface area (Å²) in [5.41, 5.74) is 2.38. The lowest BCUT2D eigenvalue weighted by Crippen LogP contribution is -2.43. The van der Waals surface area contributed by atoms with Crippen LogP contribution in [-0.2, 0) is 7.05 Å². The van der Waals surface area contributed by atoms with Crippen LogP contribution in [0.5, 0.6) is 0 Å². The molecule has 1 aromatic rings. The van der Waals surface area contributed by atoms with Gasteiger partial charge in [0.15, 0.2) is 0 Å². The van der Waals surface area contributed by atoms with E-state index < -0.39 is 0 Å². The van der Waals surface area contributed by atoms with Crippen LogP contribution in [0.3, 0.4) is 0 Å². The van der Waals surface area contributed by atoms with Crippen LogP contribution < -0.4 is 5.32 Å². The summed E-state index contributed by atoms with van der Waals surface area (Å²) in [7, 11) is 1.87. The van der Waals surface area contributed by atoms with E-state index in [1.165, 1.54) is 12.8 Å². The van der Waals surface area contributed by atoms with E-state index >= 15 is 0 Å². The van der Waals surface area contributed by atoms with Crippen LogP contribution in [-0.4, -0.2) is 64.2 Å². The molecule has 1 saturated carbocycles. The summed E-state index contributed by atoms with van der Waals surface area (Å²) in [5, 5.41) is 7.25. The molecule has 1 aliphatic heterocycles. The highest BCUT2D eigenvalue weighted by Crippen LogP contribution is 2.43. The van der Waals surface area contributed by atoms with Crippen LogP contribution in [0.4, 0.5) is 4.79 Å². The smallest absolute Gasteiger partial charge is 0.317 e. The Bertz CT molecular complexity index is 784. The quantitative estimate of drug-likeness (QED) is 0.774. The summed E-state index contributed by atoms with van der Waals surface area (Å²) < 4.78 is 1.77. The highest BCUT2D eigenvalue weighted by Gasteiger charge is 2.38. The van der Waals surface area contributed by atoms with Gasteiger partial charge in [-0.05, 0) is 44.4 Å². The molecule has 1 N–H and O–H groups in total. The van der Waals surface area contributed by atoms with Crippen LogP contribution in [0.1, 0.15) is 34.6 Å². The van der Waals surface area contributed by atoms with E-state index in [4.69, 9.17) is 0 Å². The van der Waals surface area contributed by atoms with E-state index in [-0.39, 0.29) is 11.9 Å². The highest BCUT2D eigenvalue weighted by atomic mass is 16.2. The van der Waals surface area contributed by atoms with Gasteiger partial charge in [0.05, 0.1) is 11.3 Å². The lowest BCUT2D eigenvalue weighted by Gasteiger charge is -2.30. The van der Waals surface area contributed by atoms with Crippen molar-refractivity contribution in [3.63, 3.8) is 0 Å². The number of fused-ring (bicyclic) bond motifs is 2. The number of rotatable bonds is 6. The molecule has 146 valence electrons. The Morgan fingerprint density at radius 2 is 2.15 bits per heavy atom. The Labute approximate surface area is 160 Å². The van der Waals surface area contributed by atoms with Crippen LogP contribution in [0.25, 0.3) is 0 Å². The maximum atomic E-state index is 13.4. The molecule has 3 atom stereocenters. The molecule has 3 amide bonds. The number of nitrogens with zero attached hydrogens (tertiary/aromatic N) is 4. The van der Waals surface area contributed by atoms with Crippen molar-refractivity contribution in [3.05, 3.63) is 29.1 Å². The van der Waals surface area contributed by atoms with Crippen molar-refractivity contribution < 1.29 is 9.59 Å². The Balaban J connectivity index is 1.52. The van der Waals surface area contributed by atoms with Crippen molar-refractivity contribution in [3.8, 4) is 0 Å². The molecule has 0 radical (unpaired) electrons. The number of aromatic nitrogens is 2. The number of carbonyl (C=O) groups excluding carboxylic acids is 2. The first kappa shape index (κ1) is 18.1. The summed E-state index contributed by atoms with van der Waals surface area (Å²) in [6, 6.07) is -0.0287. The fraction of sp³-hybridized carbons (Fsp3) is 0.650. The number of nitrogens with one attached hydrogen (secondary N) is 1. The van der Waals surface area contributed by atoms with Gasteiger partial charge in [0.25, 0.3) is 5.91 Å². The summed E-state index contributed by atoms with van der Waals surface area (Å²) in [6.07, 6.45) is 7.06. The Morgan fingerprint density at radius 3 is 2.70 bits per heavy atom. The second-order valence-electron chi connectivity index (χ2n) is 8.18. The molecule has 0 unspecified atom stereocenters. The summed E-state index contributed by atoms with van der Waals surface area (Å²) in [6.45, 7) is 7.14. The first-order valence-corrected chi connectivity index (χ1v) is 9.94. The van der Waals surface area contributed by atoms with Gasteiger partial charge >= 0.3 is 6.03 Å². The maximum Gasteiger partial charge on any atom is 0.317 e. The Hall–Kier alpha value is -2.31. The van der Waals surface area contributed by atoms with Gasteiger partial charge in [-0.1, -0.05) is 12.2 Å². The van der Waals surface area contributed by atoms with Crippen molar-refractivity contribution >= 4 is 11.9 Å². The molecular weight excluding hydrogens is 342 g/mol. The molecule has 27 heavy (non-hydrogen) atoms. The SMILES string of the molecule is Cc1nn(C)c(C)c1C(=O)N(CCN1CCNC1=O)C[C@@H]1C[C@H]2C=C[C@H]1C2. The molecule has 7 heteroatoms. The van der Waals surface area contributed by atoms with Gasteiger partial charge in [0, 0.05) is 45.5 Å². The molecule has 2 bridgehead atoms. The second kappa shape index (κ2) is 7.02. The molecule has 2 heterocycles. The number of allylic oxidation sites excluding steroid dienone is 2. The van der Waals surface area contributed by atoms with E-state index in [1.54, 1.807) is 9.58 Å². The second-order valence-corrected chi connectivity index (χ2v) is 8.18. The predicted octanol–water partition coefficient (Wildman–Crippen LogP) is 1.72. The predicted molar refractivity (Wildman–Crippen MR) is 102 cm³/mol. The van der Waals surface area contributed by atoms with Crippen LogP contribution in [0.15, 0.2) is 12.2 Å². The zero-order valence-electron chi connectivity index (χ0n) is 16.4. The largest absolute Gasteiger partial charge is 0.336 e. The van der Waals surface area contributed by atoms with E-state index in [0.717, 1.165) is 17.9 Å². The van der Waals surface area contributed by atoms with E-state index in [1.807, 2.05) is 25.8 Å². The minimum atomic E-state index is -0.0287. The van der Waals surface area contributed by atoms with Crippen LogP contribution >= 0.6 is 0 Å². The fourth-order valence-corrected chi connectivity index (χ4v) is 4.87. The third-order valence-corrected chi connectivity index (χ3v) is 6.47. The number of hydrogen-bond acceptors (Lipinski definition) is 3. The van der Waals surface area contributed by atoms with E-state index in [9.17, 15) is 9.59 Å². The maximum absolute atomic E-state index is 13.4. The zero-order valence-corrected chi connectivity index (χ0v) is 16.4. The molecule has 4 rings (SSSR count). The van der Waals surface area contributed by atoms with Crippen molar-refractivity contribution in [2.45, 2.75) is 26.7 Å². The van der Waals surface area contributed by atoms with E-state index in [0.29, 0.717) is 49.5 Å². The normalized spacial score (nSPS) is 26.1. The number of amides is 3. The molecule has 0 spiro atoms. The molecular formula is C20H29N5O2. The Kier molecular flexibility index (Phi) is 4.70. The average Bonchev–Trinajstić information content (AvgIpc) is 3.39. The third-order valence-electron chi connectivity index (χ3n) is 6.47. The first-order valence-electron chi connectivity index (χ1n) is 9.94. The topological polar surface area (TPSA) is 70.5 Å². The summed E-state index contributed by atoms with van der Waals surface area (Å²) in [4.78, 5) is 29.0. The van der Waals surface area contributed by atoms with Gasteiger partial charge in [0.2, 0.25) is 0 Å². The number of carbonyl (C=O) groups is 2. The molecule has 1 aromatic heterocycles. The van der Waals surface area contributed by atoms with Gasteiger partial charge in [-0.15, -0.1) is 0 Å². The minimum Gasteiger partial charge on any atom is -0.336 e. The summed E-state index contributed by atoms with van der Waals surface area (Å²) in [5.74, 6) is 1.85. The molecule has 0 aromatic carbocycles. The van der Waals surface area contributed by atoms with Crippen molar-refractivity contribution in [1.82, 2.24) is 24.9 Å². The summed E-state index contributed by atoms with van der Waals surface area (Å²) >= 11 is 0. The molecule has 2 aliphatic carbocycles. The lowest BCUT2D eigenvalue weighted by atomic mass is 9.93.